The van der Waals surface area contributed by atoms with Crippen molar-refractivity contribution in [2.75, 3.05) is 82.0 Å². The molecule has 2 saturated heterocycles. The summed E-state index contributed by atoms with van der Waals surface area (Å²) >= 11 is 0. The third-order valence-corrected chi connectivity index (χ3v) is 7.28. The monoisotopic (exact) mass is 716 g/mol. The fourth-order valence-corrected chi connectivity index (χ4v) is 5.07. The molecule has 0 atom stereocenters. The smallest absolute Gasteiger partial charge is 0.410 e. The summed E-state index contributed by atoms with van der Waals surface area (Å²) in [5.74, 6) is -0.242. The molecule has 51 heavy (non-hydrogen) atoms. The van der Waals surface area contributed by atoms with Gasteiger partial charge in [0.2, 0.25) is 0 Å². The predicted octanol–water partition coefficient (Wildman–Crippen LogP) is 5.53. The summed E-state index contributed by atoms with van der Waals surface area (Å²) in [5.41, 5.74) is 0.732. The van der Waals surface area contributed by atoms with Crippen LogP contribution in [0.1, 0.15) is 55.9 Å². The Balaban J connectivity index is 0.000000348. The molecule has 2 aliphatic heterocycles. The van der Waals surface area contributed by atoms with Crippen LogP contribution in [0.2, 0.25) is 0 Å². The van der Waals surface area contributed by atoms with Gasteiger partial charge in [-0.3, -0.25) is 0 Å². The van der Waals surface area contributed by atoms with E-state index in [0.29, 0.717) is 70.5 Å². The molecule has 0 radical (unpaired) electrons. The van der Waals surface area contributed by atoms with E-state index >= 15 is 0 Å². The molecule has 0 aromatic heterocycles. The number of aliphatic carboxylic acids is 1. The molecule has 14 nitrogen and oxygen atoms in total. The zero-order valence-electron chi connectivity index (χ0n) is 30.3. The lowest BCUT2D eigenvalue weighted by Crippen LogP contribution is -2.50. The Labute approximate surface area is 302 Å². The van der Waals surface area contributed by atoms with Crippen LogP contribution >= 0.6 is 0 Å². The number of carbonyl (C=O) groups excluding carboxylic acids is 3. The van der Waals surface area contributed by atoms with Crippen molar-refractivity contribution in [3.63, 3.8) is 0 Å². The highest BCUT2D eigenvalue weighted by Crippen LogP contribution is 2.30. The number of esters is 1. The van der Waals surface area contributed by atoms with Crippen LogP contribution in [0, 0.1) is 0 Å². The quantitative estimate of drug-likeness (QED) is 0.257. The maximum absolute atomic E-state index is 12.2. The summed E-state index contributed by atoms with van der Waals surface area (Å²) in [7, 11) is 0. The fraction of sp³-hybridized carbons (Fsp3) is 0.568. The highest BCUT2D eigenvalue weighted by Gasteiger charge is 2.28. The molecule has 4 rings (SSSR count). The van der Waals surface area contributed by atoms with Gasteiger partial charge in [0, 0.05) is 52.4 Å². The number of anilines is 2. The zero-order valence-corrected chi connectivity index (χ0v) is 30.3. The largest absolute Gasteiger partial charge is 0.480 e. The minimum absolute atomic E-state index is 0. The van der Waals surface area contributed by atoms with Gasteiger partial charge in [-0.15, -0.1) is 0 Å². The van der Waals surface area contributed by atoms with Gasteiger partial charge < -0.3 is 48.4 Å². The molecule has 2 heterocycles. The maximum Gasteiger partial charge on any atom is 0.410 e. The number of hydrogen-bond donors (Lipinski definition) is 1. The summed E-state index contributed by atoms with van der Waals surface area (Å²) < 4.78 is 26.7. The number of amides is 2. The van der Waals surface area contributed by atoms with Crippen LogP contribution in [0.15, 0.2) is 48.5 Å². The number of nitrogens with zero attached hydrogens (tertiary/aromatic N) is 4. The summed E-state index contributed by atoms with van der Waals surface area (Å²) in [4.78, 5) is 54.1. The van der Waals surface area contributed by atoms with Crippen LogP contribution in [0.4, 0.5) is 21.0 Å². The standard InChI is InChI=1S/C19H28N2O5.C17H24N2O5.CH4/c1-5-24-17(22)14-25-16-9-7-6-8-15(16)20-10-12-21(13-11-20)18(23)26-19(2,3)4;1-17(2,3)24-16(22)19-10-8-18(9-11-19)13-6-4-5-7-14(13)23-12-15(20)21;/h6-9H,5,10-14H2,1-4H3;4-7H,8-12H2,1-3H3,(H,20,21);1H4. The van der Waals surface area contributed by atoms with Gasteiger partial charge in [0.25, 0.3) is 0 Å². The number of ether oxygens (including phenoxy) is 5. The first-order chi connectivity index (χ1) is 23.6. The SMILES string of the molecule is C.CC(C)(C)OC(=O)N1CCN(c2ccccc2OCC(=O)O)CC1.CCOC(=O)COc1ccccc1N1CCN(C(=O)OC(C)(C)C)CC1. The van der Waals surface area contributed by atoms with Gasteiger partial charge in [-0.1, -0.05) is 31.7 Å². The van der Waals surface area contributed by atoms with Crippen LogP contribution in [0.25, 0.3) is 0 Å². The van der Waals surface area contributed by atoms with Crippen LogP contribution < -0.4 is 19.3 Å². The summed E-state index contributed by atoms with van der Waals surface area (Å²) in [6, 6.07) is 14.9. The van der Waals surface area contributed by atoms with Crippen molar-refractivity contribution >= 4 is 35.5 Å². The van der Waals surface area contributed by atoms with E-state index in [1.807, 2.05) is 77.9 Å². The van der Waals surface area contributed by atoms with Gasteiger partial charge in [-0.05, 0) is 72.7 Å². The van der Waals surface area contributed by atoms with Crippen molar-refractivity contribution in [2.24, 2.45) is 0 Å². The van der Waals surface area contributed by atoms with Crippen LogP contribution in [-0.2, 0) is 23.8 Å². The Morgan fingerprint density at radius 1 is 0.627 bits per heavy atom. The number of carboxylic acid groups (broad SMARTS) is 1. The predicted molar refractivity (Wildman–Crippen MR) is 195 cm³/mol. The Morgan fingerprint density at radius 3 is 1.35 bits per heavy atom. The first-order valence-corrected chi connectivity index (χ1v) is 16.8. The van der Waals surface area contributed by atoms with Gasteiger partial charge in [-0.2, -0.15) is 0 Å². The molecule has 2 amide bonds. The van der Waals surface area contributed by atoms with E-state index < -0.39 is 23.1 Å². The van der Waals surface area contributed by atoms with Crippen molar-refractivity contribution in [3.05, 3.63) is 48.5 Å². The maximum atomic E-state index is 12.2. The Kier molecular flexibility index (Phi) is 16.2. The molecule has 2 fully saturated rings. The molecular formula is C37H56N4O10. The molecule has 0 spiro atoms. The third kappa shape index (κ3) is 14.5. The summed E-state index contributed by atoms with van der Waals surface area (Å²) in [5, 5.41) is 8.77. The highest BCUT2D eigenvalue weighted by atomic mass is 16.6. The van der Waals surface area contributed by atoms with Gasteiger partial charge in [-0.25, -0.2) is 19.2 Å². The van der Waals surface area contributed by atoms with Crippen molar-refractivity contribution in [3.8, 4) is 11.5 Å². The second-order valence-corrected chi connectivity index (χ2v) is 13.6. The van der Waals surface area contributed by atoms with E-state index in [2.05, 4.69) is 9.80 Å². The fourth-order valence-electron chi connectivity index (χ4n) is 5.07. The average molecular weight is 717 g/mol. The minimum atomic E-state index is -1.01. The molecule has 284 valence electrons. The average Bonchev–Trinajstić information content (AvgIpc) is 3.06. The van der Waals surface area contributed by atoms with E-state index in [0.717, 1.165) is 11.4 Å². The van der Waals surface area contributed by atoms with E-state index in [9.17, 15) is 19.2 Å². The molecule has 0 saturated carbocycles. The van der Waals surface area contributed by atoms with Crippen molar-refractivity contribution < 1.29 is 48.0 Å². The van der Waals surface area contributed by atoms with Gasteiger partial charge >= 0.3 is 24.1 Å². The molecule has 0 unspecified atom stereocenters. The Bertz CT molecular complexity index is 1420. The molecular weight excluding hydrogens is 660 g/mol. The number of carbonyl (C=O) groups is 4. The van der Waals surface area contributed by atoms with Crippen LogP contribution in [0.3, 0.4) is 0 Å². The number of piperazine rings is 2. The van der Waals surface area contributed by atoms with Gasteiger partial charge in [0.1, 0.15) is 22.7 Å². The molecule has 2 aliphatic rings. The van der Waals surface area contributed by atoms with Gasteiger partial charge in [0.05, 0.1) is 18.0 Å². The molecule has 0 bridgehead atoms. The zero-order chi connectivity index (χ0) is 36.9. The highest BCUT2D eigenvalue weighted by molar-refractivity contribution is 5.72. The van der Waals surface area contributed by atoms with E-state index in [4.69, 9.17) is 28.8 Å². The number of carboxylic acids is 1. The van der Waals surface area contributed by atoms with Crippen LogP contribution in [-0.4, -0.2) is 122 Å². The summed E-state index contributed by atoms with van der Waals surface area (Å²) in [6.07, 6.45) is -0.596. The van der Waals surface area contributed by atoms with Crippen molar-refractivity contribution in [1.29, 1.82) is 0 Å². The third-order valence-electron chi connectivity index (χ3n) is 7.28. The molecule has 2 aromatic carbocycles. The number of rotatable bonds is 9. The van der Waals surface area contributed by atoms with Crippen LogP contribution in [0.5, 0.6) is 11.5 Å². The van der Waals surface area contributed by atoms with Crippen molar-refractivity contribution in [2.45, 2.75) is 67.1 Å². The molecule has 1 N–H and O–H groups in total. The van der Waals surface area contributed by atoms with E-state index in [-0.39, 0.29) is 32.8 Å². The molecule has 0 aliphatic carbocycles. The normalized spacial score (nSPS) is 14.6. The number of benzene rings is 2. The van der Waals surface area contributed by atoms with Crippen molar-refractivity contribution in [1.82, 2.24) is 9.80 Å². The second-order valence-electron chi connectivity index (χ2n) is 13.6. The Hall–Kier alpha value is -4.88. The first kappa shape index (κ1) is 42.3. The lowest BCUT2D eigenvalue weighted by molar-refractivity contribution is -0.145. The first-order valence-electron chi connectivity index (χ1n) is 16.8. The van der Waals surface area contributed by atoms with E-state index in [1.165, 1.54) is 0 Å². The Morgan fingerprint density at radius 2 is 1.00 bits per heavy atom. The lowest BCUT2D eigenvalue weighted by Gasteiger charge is -2.37. The minimum Gasteiger partial charge on any atom is -0.480 e. The topological polar surface area (TPSA) is 148 Å². The molecule has 14 heteroatoms. The van der Waals surface area contributed by atoms with E-state index in [1.54, 1.807) is 28.9 Å². The number of para-hydroxylation sites is 4. The lowest BCUT2D eigenvalue weighted by atomic mass is 10.2. The number of hydrogen-bond acceptors (Lipinski definition) is 11. The summed E-state index contributed by atoms with van der Waals surface area (Å²) in [6.45, 7) is 17.5. The second kappa shape index (κ2) is 19.5. The molecule has 2 aromatic rings. The van der Waals surface area contributed by atoms with Gasteiger partial charge in [0.15, 0.2) is 13.2 Å².